The molecule has 0 saturated carbocycles. The molecule has 2 heterocycles. The zero-order valence-corrected chi connectivity index (χ0v) is 27.1. The zero-order chi connectivity index (χ0) is 32.2. The zero-order valence-electron chi connectivity index (χ0n) is 25.4. The molecule has 4 aromatic carbocycles. The van der Waals surface area contributed by atoms with Gasteiger partial charge in [-0.1, -0.05) is 84.6 Å². The Labute approximate surface area is 274 Å². The summed E-state index contributed by atoms with van der Waals surface area (Å²) >= 11 is 2.73. The predicted molar refractivity (Wildman–Crippen MR) is 180 cm³/mol. The van der Waals surface area contributed by atoms with Crippen molar-refractivity contribution >= 4 is 56.5 Å². The van der Waals surface area contributed by atoms with Gasteiger partial charge in [0.2, 0.25) is 5.13 Å². The number of benzene rings is 4. The topological polar surface area (TPSA) is 111 Å². The number of ether oxygens (including phenoxy) is 3. The van der Waals surface area contributed by atoms with Crippen LogP contribution in [0.2, 0.25) is 0 Å². The summed E-state index contributed by atoms with van der Waals surface area (Å²) in [6.07, 6.45) is 0.852. The fourth-order valence-electron chi connectivity index (χ4n) is 5.37. The van der Waals surface area contributed by atoms with Gasteiger partial charge in [-0.15, -0.1) is 10.2 Å². The van der Waals surface area contributed by atoms with Crippen molar-refractivity contribution in [2.45, 2.75) is 29.5 Å². The first kappa shape index (κ1) is 31.1. The third-order valence-corrected chi connectivity index (χ3v) is 9.71. The lowest BCUT2D eigenvalue weighted by molar-refractivity contribution is -0.132. The van der Waals surface area contributed by atoms with Crippen LogP contribution in [-0.2, 0) is 15.3 Å². The summed E-state index contributed by atoms with van der Waals surface area (Å²) in [5, 5.41) is 22.9. The van der Waals surface area contributed by atoms with E-state index < -0.39 is 17.7 Å². The molecule has 46 heavy (non-hydrogen) atoms. The first-order valence-electron chi connectivity index (χ1n) is 14.6. The molecular formula is C35H31N3O6S2. The number of rotatable bonds is 11. The van der Waals surface area contributed by atoms with E-state index in [0.29, 0.717) is 45.1 Å². The minimum atomic E-state index is -0.961. The Bertz CT molecular complexity index is 1930. The maximum Gasteiger partial charge on any atom is 0.301 e. The Morgan fingerprint density at radius 1 is 0.935 bits per heavy atom. The second kappa shape index (κ2) is 13.6. The highest BCUT2D eigenvalue weighted by atomic mass is 32.2. The van der Waals surface area contributed by atoms with Gasteiger partial charge in [0.05, 0.1) is 32.4 Å². The van der Waals surface area contributed by atoms with Crippen molar-refractivity contribution in [3.8, 4) is 17.2 Å². The quantitative estimate of drug-likeness (QED) is 0.0512. The Morgan fingerprint density at radius 3 is 2.46 bits per heavy atom. The summed E-state index contributed by atoms with van der Waals surface area (Å²) in [4.78, 5) is 28.7. The van der Waals surface area contributed by atoms with E-state index in [1.807, 2.05) is 25.1 Å². The molecule has 5 aromatic rings. The molecule has 234 valence electrons. The number of thioether (sulfide) groups is 1. The predicted octanol–water partition coefficient (Wildman–Crippen LogP) is 7.42. The Balaban J connectivity index is 1.37. The number of amides is 1. The van der Waals surface area contributed by atoms with Gasteiger partial charge in [0.1, 0.15) is 11.5 Å². The average molecular weight is 654 g/mol. The smallest absolute Gasteiger partial charge is 0.301 e. The fraction of sp³-hybridized carbons (Fsp3) is 0.200. The molecule has 1 fully saturated rings. The van der Waals surface area contributed by atoms with Gasteiger partial charge < -0.3 is 19.3 Å². The van der Waals surface area contributed by atoms with Crippen LogP contribution in [-0.4, -0.2) is 47.8 Å². The molecule has 0 bridgehead atoms. The normalized spacial score (nSPS) is 15.8. The highest BCUT2D eigenvalue weighted by Crippen LogP contribution is 2.45. The number of anilines is 1. The molecule has 1 aliphatic rings. The number of carbonyl (C=O) groups is 2. The summed E-state index contributed by atoms with van der Waals surface area (Å²) in [6, 6.07) is 25.4. The van der Waals surface area contributed by atoms with Crippen LogP contribution in [0.1, 0.15) is 36.1 Å². The largest absolute Gasteiger partial charge is 0.507 e. The van der Waals surface area contributed by atoms with E-state index in [2.05, 4.69) is 34.5 Å². The third-order valence-electron chi connectivity index (χ3n) is 7.60. The number of hydrogen-bond donors (Lipinski definition) is 1. The molecule has 1 saturated heterocycles. The maximum absolute atomic E-state index is 13.7. The van der Waals surface area contributed by atoms with E-state index in [0.717, 1.165) is 22.8 Å². The van der Waals surface area contributed by atoms with Crippen molar-refractivity contribution in [1.29, 1.82) is 0 Å². The molecule has 1 amide bonds. The van der Waals surface area contributed by atoms with E-state index in [-0.39, 0.29) is 16.5 Å². The molecule has 1 unspecified atom stereocenters. The van der Waals surface area contributed by atoms with Crippen LogP contribution in [0.25, 0.3) is 16.5 Å². The van der Waals surface area contributed by atoms with Gasteiger partial charge in [-0.3, -0.25) is 14.5 Å². The molecule has 1 aromatic heterocycles. The van der Waals surface area contributed by atoms with Crippen LogP contribution in [0.3, 0.4) is 0 Å². The molecule has 6 rings (SSSR count). The van der Waals surface area contributed by atoms with Crippen LogP contribution in [0.15, 0.2) is 94.8 Å². The van der Waals surface area contributed by atoms with Gasteiger partial charge >= 0.3 is 5.91 Å². The molecular weight excluding hydrogens is 623 g/mol. The minimum absolute atomic E-state index is 0.0698. The van der Waals surface area contributed by atoms with Gasteiger partial charge in [-0.05, 0) is 58.7 Å². The van der Waals surface area contributed by atoms with Crippen molar-refractivity contribution in [2.24, 2.45) is 0 Å². The number of aliphatic hydroxyl groups is 1. The molecule has 11 heteroatoms. The highest BCUT2D eigenvalue weighted by molar-refractivity contribution is 8.00. The number of aliphatic hydroxyl groups excluding tert-OH is 1. The lowest BCUT2D eigenvalue weighted by Gasteiger charge is -2.23. The van der Waals surface area contributed by atoms with Crippen molar-refractivity contribution in [2.75, 3.05) is 25.7 Å². The summed E-state index contributed by atoms with van der Waals surface area (Å²) in [5.74, 6) is 0.159. The van der Waals surface area contributed by atoms with Gasteiger partial charge in [0, 0.05) is 11.3 Å². The highest BCUT2D eigenvalue weighted by Gasteiger charge is 2.48. The molecule has 1 N–H and O–H groups in total. The monoisotopic (exact) mass is 653 g/mol. The minimum Gasteiger partial charge on any atom is -0.507 e. The fourth-order valence-corrected chi connectivity index (χ4v) is 7.24. The summed E-state index contributed by atoms with van der Waals surface area (Å²) < 4.78 is 17.1. The SMILES string of the molecule is CCCOc1ccc(C2C(=C(O)c3ccc(OC)c(OC)c3)C(=O)C(=O)N2c2nnc(SCc3cccc4ccccc34)s2)cc1. The molecule has 0 radical (unpaired) electrons. The van der Waals surface area contributed by atoms with Gasteiger partial charge in [-0.25, -0.2) is 0 Å². The van der Waals surface area contributed by atoms with Crippen molar-refractivity contribution in [3.05, 3.63) is 107 Å². The van der Waals surface area contributed by atoms with Crippen LogP contribution in [0, 0.1) is 0 Å². The number of aromatic nitrogens is 2. The first-order chi connectivity index (χ1) is 22.4. The average Bonchev–Trinajstić information content (AvgIpc) is 3.67. The summed E-state index contributed by atoms with van der Waals surface area (Å²) in [7, 11) is 2.99. The van der Waals surface area contributed by atoms with E-state index in [1.54, 1.807) is 42.5 Å². The molecule has 1 atom stereocenters. The van der Waals surface area contributed by atoms with Crippen LogP contribution in [0.4, 0.5) is 5.13 Å². The molecule has 0 aliphatic carbocycles. The van der Waals surface area contributed by atoms with E-state index >= 15 is 0 Å². The second-order valence-corrected chi connectivity index (χ2v) is 12.6. The summed E-state index contributed by atoms with van der Waals surface area (Å²) in [5.41, 5.74) is 1.98. The standard InChI is InChI=1S/C35H31N3O6S2/c1-4-18-44-25-15-12-22(13-16-25)30-29(31(39)23-14-17-27(42-2)28(19-23)43-3)32(40)33(41)38(30)34-36-37-35(46-34)45-20-24-10-7-9-21-8-5-6-11-26(21)24/h5-17,19,30,39H,4,18,20H2,1-3H3. The number of methoxy groups -OCH3 is 2. The summed E-state index contributed by atoms with van der Waals surface area (Å²) in [6.45, 7) is 2.58. The van der Waals surface area contributed by atoms with Crippen molar-refractivity contribution < 1.29 is 28.9 Å². The van der Waals surface area contributed by atoms with E-state index in [4.69, 9.17) is 14.2 Å². The molecule has 9 nitrogen and oxygen atoms in total. The van der Waals surface area contributed by atoms with Crippen molar-refractivity contribution in [3.63, 3.8) is 0 Å². The third kappa shape index (κ3) is 6.03. The van der Waals surface area contributed by atoms with Gasteiger partial charge in [0.15, 0.2) is 15.8 Å². The number of nitrogens with zero attached hydrogens (tertiary/aromatic N) is 3. The Morgan fingerprint density at radius 2 is 1.70 bits per heavy atom. The molecule has 0 spiro atoms. The van der Waals surface area contributed by atoms with Crippen LogP contribution >= 0.6 is 23.1 Å². The molecule has 1 aliphatic heterocycles. The van der Waals surface area contributed by atoms with E-state index in [1.165, 1.54) is 42.2 Å². The van der Waals surface area contributed by atoms with Crippen LogP contribution < -0.4 is 19.1 Å². The number of carbonyl (C=O) groups excluding carboxylic acids is 2. The number of hydrogen-bond acceptors (Lipinski definition) is 10. The number of Topliss-reactive ketones (excluding diaryl/α,β-unsaturated/α-hetero) is 1. The Kier molecular flexibility index (Phi) is 9.23. The number of fused-ring (bicyclic) bond motifs is 1. The van der Waals surface area contributed by atoms with E-state index in [9.17, 15) is 14.7 Å². The second-order valence-electron chi connectivity index (χ2n) is 10.4. The number of ketones is 1. The lowest BCUT2D eigenvalue weighted by atomic mass is 9.95. The van der Waals surface area contributed by atoms with Gasteiger partial charge in [0.25, 0.3) is 5.78 Å². The van der Waals surface area contributed by atoms with Crippen molar-refractivity contribution in [1.82, 2.24) is 10.2 Å². The lowest BCUT2D eigenvalue weighted by Crippen LogP contribution is -2.29. The first-order valence-corrected chi connectivity index (χ1v) is 16.4. The van der Waals surface area contributed by atoms with Gasteiger partial charge in [-0.2, -0.15) is 0 Å². The van der Waals surface area contributed by atoms with Crippen LogP contribution in [0.5, 0.6) is 17.2 Å². The Hall–Kier alpha value is -4.87. The maximum atomic E-state index is 13.7.